The van der Waals surface area contributed by atoms with E-state index in [1.807, 2.05) is 13.8 Å². The Hall–Kier alpha value is -1.07. The van der Waals surface area contributed by atoms with Gasteiger partial charge >= 0.3 is 0 Å². The average Bonchev–Trinajstić information content (AvgIpc) is 2.67. The van der Waals surface area contributed by atoms with Crippen molar-refractivity contribution in [2.45, 2.75) is 43.8 Å². The van der Waals surface area contributed by atoms with Crippen LogP contribution in [-0.4, -0.2) is 26.4 Å². The zero-order valence-corrected chi connectivity index (χ0v) is 11.5. The van der Waals surface area contributed by atoms with E-state index in [4.69, 9.17) is 10.5 Å². The van der Waals surface area contributed by atoms with Gasteiger partial charge in [-0.05, 0) is 50.5 Å². The van der Waals surface area contributed by atoms with Crippen molar-refractivity contribution in [1.82, 2.24) is 0 Å². The Morgan fingerprint density at radius 1 is 1.39 bits per heavy atom. The van der Waals surface area contributed by atoms with E-state index in [9.17, 15) is 8.42 Å². The molecule has 0 amide bonds. The molecule has 2 N–H and O–H groups in total. The molecule has 0 bridgehead atoms. The standard InChI is InChI=1S/C13H19NO3S/c1-9-7-12(5-6-13(9)14)18(15,16)8-11-4-3-10(2)17-11/h5-7,10-11H,3-4,8,14H2,1-2H3. The molecule has 0 saturated carbocycles. The van der Waals surface area contributed by atoms with E-state index in [0.717, 1.165) is 18.4 Å². The van der Waals surface area contributed by atoms with Gasteiger partial charge in [0, 0.05) is 5.69 Å². The van der Waals surface area contributed by atoms with Crippen LogP contribution in [0.3, 0.4) is 0 Å². The Morgan fingerprint density at radius 3 is 2.67 bits per heavy atom. The Kier molecular flexibility index (Phi) is 3.64. The minimum Gasteiger partial charge on any atom is -0.399 e. The van der Waals surface area contributed by atoms with Crippen molar-refractivity contribution in [2.75, 3.05) is 11.5 Å². The Bertz CT molecular complexity index is 539. The van der Waals surface area contributed by atoms with Crippen LogP contribution in [0.2, 0.25) is 0 Å². The van der Waals surface area contributed by atoms with Gasteiger partial charge in [0.1, 0.15) is 0 Å². The van der Waals surface area contributed by atoms with E-state index < -0.39 is 9.84 Å². The first-order valence-corrected chi connectivity index (χ1v) is 7.78. The molecule has 4 nitrogen and oxygen atoms in total. The predicted octanol–water partition coefficient (Wildman–Crippen LogP) is 1.92. The highest BCUT2D eigenvalue weighted by Crippen LogP contribution is 2.24. The minimum absolute atomic E-state index is 0.0562. The number of nitrogens with two attached hydrogens (primary N) is 1. The molecular weight excluding hydrogens is 250 g/mol. The van der Waals surface area contributed by atoms with Gasteiger partial charge in [0.15, 0.2) is 9.84 Å². The average molecular weight is 269 g/mol. The molecule has 1 aromatic carbocycles. The van der Waals surface area contributed by atoms with Crippen molar-refractivity contribution in [3.05, 3.63) is 23.8 Å². The number of hydrogen-bond acceptors (Lipinski definition) is 4. The van der Waals surface area contributed by atoms with Gasteiger partial charge in [-0.1, -0.05) is 0 Å². The third kappa shape index (κ3) is 2.84. The first kappa shape index (κ1) is 13.4. The highest BCUT2D eigenvalue weighted by atomic mass is 32.2. The molecule has 0 radical (unpaired) electrons. The third-order valence-corrected chi connectivity index (χ3v) is 5.11. The van der Waals surface area contributed by atoms with E-state index in [1.54, 1.807) is 18.2 Å². The highest BCUT2D eigenvalue weighted by Gasteiger charge is 2.28. The summed E-state index contributed by atoms with van der Waals surface area (Å²) in [5.74, 6) is 0.0562. The van der Waals surface area contributed by atoms with Gasteiger partial charge in [0.2, 0.25) is 0 Å². The van der Waals surface area contributed by atoms with Crippen LogP contribution in [0.5, 0.6) is 0 Å². The SMILES string of the molecule is Cc1cc(S(=O)(=O)CC2CCC(C)O2)ccc1N. The third-order valence-electron chi connectivity index (χ3n) is 3.33. The van der Waals surface area contributed by atoms with E-state index in [-0.39, 0.29) is 18.0 Å². The zero-order valence-electron chi connectivity index (χ0n) is 10.7. The van der Waals surface area contributed by atoms with E-state index >= 15 is 0 Å². The number of rotatable bonds is 3. The smallest absolute Gasteiger partial charge is 0.180 e. The molecule has 2 atom stereocenters. The number of anilines is 1. The lowest BCUT2D eigenvalue weighted by atomic mass is 10.2. The summed E-state index contributed by atoms with van der Waals surface area (Å²) in [5, 5.41) is 0. The number of sulfone groups is 1. The van der Waals surface area contributed by atoms with Gasteiger partial charge in [0.05, 0.1) is 22.9 Å². The molecule has 0 spiro atoms. The van der Waals surface area contributed by atoms with E-state index in [0.29, 0.717) is 10.6 Å². The van der Waals surface area contributed by atoms with Crippen LogP contribution in [0.15, 0.2) is 23.1 Å². The van der Waals surface area contributed by atoms with Crippen LogP contribution >= 0.6 is 0 Å². The zero-order chi connectivity index (χ0) is 13.3. The quantitative estimate of drug-likeness (QED) is 0.851. The van der Waals surface area contributed by atoms with Gasteiger partial charge in [-0.3, -0.25) is 0 Å². The normalized spacial score (nSPS) is 24.3. The van der Waals surface area contributed by atoms with Gasteiger partial charge in [-0.2, -0.15) is 0 Å². The van der Waals surface area contributed by atoms with Crippen LogP contribution < -0.4 is 5.73 Å². The minimum atomic E-state index is -3.29. The van der Waals surface area contributed by atoms with Crippen LogP contribution in [0.4, 0.5) is 5.69 Å². The van der Waals surface area contributed by atoms with Crippen molar-refractivity contribution >= 4 is 15.5 Å². The summed E-state index contributed by atoms with van der Waals surface area (Å²) in [6.07, 6.45) is 1.73. The van der Waals surface area contributed by atoms with Crippen LogP contribution in [0.1, 0.15) is 25.3 Å². The number of aryl methyl sites for hydroxylation is 1. The number of ether oxygens (including phenoxy) is 1. The summed E-state index contributed by atoms with van der Waals surface area (Å²) in [6.45, 7) is 3.78. The van der Waals surface area contributed by atoms with Crippen molar-refractivity contribution in [1.29, 1.82) is 0 Å². The fourth-order valence-electron chi connectivity index (χ4n) is 2.19. The maximum Gasteiger partial charge on any atom is 0.180 e. The second kappa shape index (κ2) is 4.90. The molecule has 0 aliphatic carbocycles. The molecule has 1 aliphatic heterocycles. The lowest BCUT2D eigenvalue weighted by molar-refractivity contribution is 0.0690. The first-order valence-electron chi connectivity index (χ1n) is 6.13. The molecule has 2 rings (SSSR count). The number of benzene rings is 1. The van der Waals surface area contributed by atoms with Crippen LogP contribution in [0, 0.1) is 6.92 Å². The summed E-state index contributed by atoms with van der Waals surface area (Å²) in [7, 11) is -3.29. The molecule has 1 aromatic rings. The molecular formula is C13H19NO3S. The van der Waals surface area contributed by atoms with Crippen molar-refractivity contribution < 1.29 is 13.2 Å². The molecule has 1 fully saturated rings. The molecule has 0 aromatic heterocycles. The second-order valence-corrected chi connectivity index (χ2v) is 6.98. The Labute approximate surface area is 108 Å². The van der Waals surface area contributed by atoms with E-state index in [2.05, 4.69) is 0 Å². The molecule has 1 heterocycles. The number of nitrogen functional groups attached to an aromatic ring is 1. The lowest BCUT2D eigenvalue weighted by Crippen LogP contribution is -2.21. The molecule has 18 heavy (non-hydrogen) atoms. The fourth-order valence-corrected chi connectivity index (χ4v) is 3.75. The number of hydrogen-bond donors (Lipinski definition) is 1. The highest BCUT2D eigenvalue weighted by molar-refractivity contribution is 7.91. The monoisotopic (exact) mass is 269 g/mol. The topological polar surface area (TPSA) is 69.4 Å². The Balaban J connectivity index is 2.17. The van der Waals surface area contributed by atoms with E-state index in [1.165, 1.54) is 0 Å². The summed E-state index contributed by atoms with van der Waals surface area (Å²) >= 11 is 0. The summed E-state index contributed by atoms with van der Waals surface area (Å²) in [5.41, 5.74) is 7.09. The second-order valence-electron chi connectivity index (χ2n) is 4.95. The first-order chi connectivity index (χ1) is 8.38. The largest absolute Gasteiger partial charge is 0.399 e. The summed E-state index contributed by atoms with van der Waals surface area (Å²) < 4.78 is 30.0. The Morgan fingerprint density at radius 2 is 2.11 bits per heavy atom. The van der Waals surface area contributed by atoms with Gasteiger partial charge in [-0.25, -0.2) is 8.42 Å². The van der Waals surface area contributed by atoms with Crippen molar-refractivity contribution in [3.8, 4) is 0 Å². The predicted molar refractivity (Wildman–Crippen MR) is 71.2 cm³/mol. The lowest BCUT2D eigenvalue weighted by Gasteiger charge is -2.12. The molecule has 1 saturated heterocycles. The fraction of sp³-hybridized carbons (Fsp3) is 0.538. The summed E-state index contributed by atoms with van der Waals surface area (Å²) in [4.78, 5) is 0.331. The van der Waals surface area contributed by atoms with Gasteiger partial charge in [0.25, 0.3) is 0 Å². The molecule has 1 aliphatic rings. The molecule has 100 valence electrons. The maximum absolute atomic E-state index is 12.2. The molecule has 2 unspecified atom stereocenters. The summed E-state index contributed by atoms with van der Waals surface area (Å²) in [6, 6.07) is 4.83. The van der Waals surface area contributed by atoms with Crippen molar-refractivity contribution in [3.63, 3.8) is 0 Å². The van der Waals surface area contributed by atoms with Crippen LogP contribution in [0.25, 0.3) is 0 Å². The maximum atomic E-state index is 12.2. The van der Waals surface area contributed by atoms with Gasteiger partial charge < -0.3 is 10.5 Å². The van der Waals surface area contributed by atoms with Gasteiger partial charge in [-0.15, -0.1) is 0 Å². The molecule has 5 heteroatoms. The van der Waals surface area contributed by atoms with Crippen molar-refractivity contribution in [2.24, 2.45) is 0 Å². The van der Waals surface area contributed by atoms with Crippen LogP contribution in [-0.2, 0) is 14.6 Å².